The van der Waals surface area contributed by atoms with Gasteiger partial charge in [0.25, 0.3) is 0 Å². The second-order valence-corrected chi connectivity index (χ2v) is 3.60. The third-order valence-corrected chi connectivity index (χ3v) is 2.28. The summed E-state index contributed by atoms with van der Waals surface area (Å²) < 4.78 is 1.75. The van der Waals surface area contributed by atoms with E-state index in [9.17, 15) is 4.79 Å². The van der Waals surface area contributed by atoms with E-state index in [-0.39, 0.29) is 5.78 Å². The van der Waals surface area contributed by atoms with E-state index in [4.69, 9.17) is 0 Å². The van der Waals surface area contributed by atoms with Crippen LogP contribution in [0.3, 0.4) is 0 Å². The minimum atomic E-state index is 0.236. The van der Waals surface area contributed by atoms with Gasteiger partial charge in [-0.2, -0.15) is 5.10 Å². The SMILES string of the molecule is CCCC(=O)Cn1nc(CC)nc1CC. The van der Waals surface area contributed by atoms with Crippen LogP contribution in [0.15, 0.2) is 0 Å². The van der Waals surface area contributed by atoms with Crippen molar-refractivity contribution in [3.63, 3.8) is 0 Å². The zero-order valence-corrected chi connectivity index (χ0v) is 9.79. The van der Waals surface area contributed by atoms with Gasteiger partial charge in [0, 0.05) is 19.3 Å². The molecule has 0 N–H and O–H groups in total. The average molecular weight is 209 g/mol. The number of hydrogen-bond acceptors (Lipinski definition) is 3. The highest BCUT2D eigenvalue weighted by atomic mass is 16.1. The molecule has 0 saturated heterocycles. The zero-order chi connectivity index (χ0) is 11.3. The van der Waals surface area contributed by atoms with Gasteiger partial charge in [-0.05, 0) is 6.42 Å². The number of carbonyl (C=O) groups is 1. The molecule has 0 aliphatic rings. The largest absolute Gasteiger partial charge is 0.298 e. The Balaban J connectivity index is 2.74. The molecule has 0 saturated carbocycles. The van der Waals surface area contributed by atoms with Crippen molar-refractivity contribution >= 4 is 5.78 Å². The molecule has 0 aromatic carbocycles. The van der Waals surface area contributed by atoms with Crippen molar-refractivity contribution in [1.29, 1.82) is 0 Å². The molecule has 0 amide bonds. The summed E-state index contributed by atoms with van der Waals surface area (Å²) in [6.07, 6.45) is 3.18. The number of aromatic nitrogens is 3. The number of hydrogen-bond donors (Lipinski definition) is 0. The number of aryl methyl sites for hydroxylation is 2. The van der Waals surface area contributed by atoms with E-state index in [0.717, 1.165) is 30.9 Å². The Morgan fingerprint density at radius 2 is 2.00 bits per heavy atom. The highest BCUT2D eigenvalue weighted by Gasteiger charge is 2.09. The molecule has 0 radical (unpaired) electrons. The maximum Gasteiger partial charge on any atom is 0.154 e. The minimum absolute atomic E-state index is 0.236. The fourth-order valence-electron chi connectivity index (χ4n) is 1.49. The molecule has 0 spiro atoms. The van der Waals surface area contributed by atoms with Gasteiger partial charge < -0.3 is 0 Å². The lowest BCUT2D eigenvalue weighted by Crippen LogP contribution is -2.13. The first-order valence-corrected chi connectivity index (χ1v) is 5.65. The van der Waals surface area contributed by atoms with Crippen molar-refractivity contribution in [2.75, 3.05) is 0 Å². The van der Waals surface area contributed by atoms with Gasteiger partial charge in [0.1, 0.15) is 12.4 Å². The Morgan fingerprint density at radius 3 is 2.53 bits per heavy atom. The maximum atomic E-state index is 11.5. The van der Waals surface area contributed by atoms with Crippen LogP contribution < -0.4 is 0 Å². The zero-order valence-electron chi connectivity index (χ0n) is 9.79. The van der Waals surface area contributed by atoms with E-state index < -0.39 is 0 Å². The molecule has 1 aromatic heterocycles. The van der Waals surface area contributed by atoms with Crippen LogP contribution in [-0.4, -0.2) is 20.5 Å². The molecule has 0 bridgehead atoms. The lowest BCUT2D eigenvalue weighted by Gasteiger charge is -2.02. The quantitative estimate of drug-likeness (QED) is 0.717. The summed E-state index contributed by atoms with van der Waals surface area (Å²) in [5, 5.41) is 4.31. The van der Waals surface area contributed by atoms with E-state index in [2.05, 4.69) is 10.1 Å². The predicted molar refractivity (Wildman–Crippen MR) is 58.7 cm³/mol. The molecule has 4 nitrogen and oxygen atoms in total. The van der Waals surface area contributed by atoms with Gasteiger partial charge in [0.05, 0.1) is 0 Å². The molecule has 0 aliphatic carbocycles. The molecule has 84 valence electrons. The van der Waals surface area contributed by atoms with E-state index in [1.807, 2.05) is 20.8 Å². The van der Waals surface area contributed by atoms with Gasteiger partial charge in [-0.1, -0.05) is 20.8 Å². The summed E-state index contributed by atoms with van der Waals surface area (Å²) >= 11 is 0. The van der Waals surface area contributed by atoms with Crippen molar-refractivity contribution in [2.45, 2.75) is 53.0 Å². The van der Waals surface area contributed by atoms with Crippen LogP contribution in [0.4, 0.5) is 0 Å². The molecule has 0 fully saturated rings. The van der Waals surface area contributed by atoms with Crippen molar-refractivity contribution in [3.8, 4) is 0 Å². The molecular weight excluding hydrogens is 190 g/mol. The molecular formula is C11H19N3O. The van der Waals surface area contributed by atoms with Gasteiger partial charge in [-0.3, -0.25) is 4.79 Å². The summed E-state index contributed by atoms with van der Waals surface area (Å²) in [7, 11) is 0. The van der Waals surface area contributed by atoms with Crippen LogP contribution in [0.2, 0.25) is 0 Å². The van der Waals surface area contributed by atoms with Crippen LogP contribution in [0.5, 0.6) is 0 Å². The van der Waals surface area contributed by atoms with Crippen molar-refractivity contribution in [1.82, 2.24) is 14.8 Å². The second-order valence-electron chi connectivity index (χ2n) is 3.60. The Bertz CT molecular complexity index is 331. The summed E-state index contributed by atoms with van der Waals surface area (Å²) in [5.41, 5.74) is 0. The highest BCUT2D eigenvalue weighted by Crippen LogP contribution is 2.02. The van der Waals surface area contributed by atoms with Crippen LogP contribution in [0.25, 0.3) is 0 Å². The summed E-state index contributed by atoms with van der Waals surface area (Å²) in [5.74, 6) is 1.98. The molecule has 4 heteroatoms. The molecule has 1 heterocycles. The van der Waals surface area contributed by atoms with Gasteiger partial charge >= 0.3 is 0 Å². The van der Waals surface area contributed by atoms with Crippen LogP contribution in [-0.2, 0) is 24.2 Å². The molecule has 1 rings (SSSR count). The van der Waals surface area contributed by atoms with Crippen LogP contribution >= 0.6 is 0 Å². The van der Waals surface area contributed by atoms with Crippen molar-refractivity contribution < 1.29 is 4.79 Å². The smallest absolute Gasteiger partial charge is 0.154 e. The van der Waals surface area contributed by atoms with Crippen molar-refractivity contribution in [3.05, 3.63) is 11.6 Å². The standard InChI is InChI=1S/C11H19N3O/c1-4-7-9(15)8-14-11(6-3)12-10(5-2)13-14/h4-8H2,1-3H3. The fraction of sp³-hybridized carbons (Fsp3) is 0.727. The van der Waals surface area contributed by atoms with Crippen LogP contribution in [0.1, 0.15) is 45.3 Å². The molecule has 15 heavy (non-hydrogen) atoms. The van der Waals surface area contributed by atoms with Gasteiger partial charge in [0.15, 0.2) is 11.6 Å². The fourth-order valence-corrected chi connectivity index (χ4v) is 1.49. The van der Waals surface area contributed by atoms with Gasteiger partial charge in [0.2, 0.25) is 0 Å². The van der Waals surface area contributed by atoms with Gasteiger partial charge in [-0.25, -0.2) is 9.67 Å². The lowest BCUT2D eigenvalue weighted by atomic mass is 10.2. The Morgan fingerprint density at radius 1 is 1.27 bits per heavy atom. The summed E-state index contributed by atoms with van der Waals surface area (Å²) in [6.45, 7) is 6.44. The molecule has 0 aliphatic heterocycles. The average Bonchev–Trinajstić information content (AvgIpc) is 2.60. The number of nitrogens with zero attached hydrogens (tertiary/aromatic N) is 3. The number of ketones is 1. The monoisotopic (exact) mass is 209 g/mol. The normalized spacial score (nSPS) is 10.6. The van der Waals surface area contributed by atoms with Gasteiger partial charge in [-0.15, -0.1) is 0 Å². The predicted octanol–water partition coefficient (Wildman–Crippen LogP) is 1.77. The first kappa shape index (κ1) is 11.9. The Labute approximate surface area is 90.7 Å². The topological polar surface area (TPSA) is 47.8 Å². The maximum absolute atomic E-state index is 11.5. The summed E-state index contributed by atoms with van der Waals surface area (Å²) in [6, 6.07) is 0. The third kappa shape index (κ3) is 3.15. The lowest BCUT2D eigenvalue weighted by molar-refractivity contribution is -0.119. The van der Waals surface area contributed by atoms with E-state index >= 15 is 0 Å². The van der Waals surface area contributed by atoms with Crippen LogP contribution in [0, 0.1) is 0 Å². The Kier molecular flexibility index (Phi) is 4.46. The van der Waals surface area contributed by atoms with E-state index in [0.29, 0.717) is 13.0 Å². The van der Waals surface area contributed by atoms with E-state index in [1.165, 1.54) is 0 Å². The summed E-state index contributed by atoms with van der Waals surface area (Å²) in [4.78, 5) is 15.8. The minimum Gasteiger partial charge on any atom is -0.298 e. The highest BCUT2D eigenvalue weighted by molar-refractivity contribution is 5.78. The first-order valence-electron chi connectivity index (χ1n) is 5.65. The third-order valence-electron chi connectivity index (χ3n) is 2.28. The number of rotatable bonds is 6. The number of Topliss-reactive ketones (excluding diaryl/α,β-unsaturated/α-hetero) is 1. The first-order chi connectivity index (χ1) is 7.21. The Hall–Kier alpha value is -1.19. The molecule has 0 unspecified atom stereocenters. The van der Waals surface area contributed by atoms with E-state index in [1.54, 1.807) is 4.68 Å². The molecule has 1 aromatic rings. The van der Waals surface area contributed by atoms with Crippen molar-refractivity contribution in [2.24, 2.45) is 0 Å². The second kappa shape index (κ2) is 5.63. The molecule has 0 atom stereocenters. The number of carbonyl (C=O) groups excluding carboxylic acids is 1.